The molecular formula is C22H23ClN6O4. The van der Waals surface area contributed by atoms with Gasteiger partial charge in [-0.05, 0) is 38.1 Å². The lowest BCUT2D eigenvalue weighted by Gasteiger charge is -2.24. The van der Waals surface area contributed by atoms with E-state index in [9.17, 15) is 15.0 Å². The summed E-state index contributed by atoms with van der Waals surface area (Å²) in [6.45, 7) is 3.00. The van der Waals surface area contributed by atoms with Crippen molar-refractivity contribution in [3.05, 3.63) is 59.6 Å². The maximum atomic E-state index is 13.1. The molecule has 0 fully saturated rings. The highest BCUT2D eigenvalue weighted by atomic mass is 35.5. The Bertz CT molecular complexity index is 1310. The molecule has 0 aliphatic heterocycles. The number of nitrogens with one attached hydrogen (secondary N) is 1. The van der Waals surface area contributed by atoms with Gasteiger partial charge >= 0.3 is 0 Å². The maximum absolute atomic E-state index is 13.1. The lowest BCUT2D eigenvalue weighted by atomic mass is 10.0. The number of carbonyl (C=O) groups is 1. The molecule has 0 aliphatic carbocycles. The van der Waals surface area contributed by atoms with Crippen LogP contribution >= 0.6 is 11.6 Å². The minimum absolute atomic E-state index is 0.00643. The highest BCUT2D eigenvalue weighted by Crippen LogP contribution is 2.36. The summed E-state index contributed by atoms with van der Waals surface area (Å²) in [5.41, 5.74) is 0.640. The van der Waals surface area contributed by atoms with Crippen LogP contribution in [0.2, 0.25) is 5.02 Å². The molecule has 11 heteroatoms. The van der Waals surface area contributed by atoms with Crippen LogP contribution in [-0.4, -0.2) is 59.3 Å². The summed E-state index contributed by atoms with van der Waals surface area (Å²) in [7, 11) is 1.52. The zero-order valence-electron chi connectivity index (χ0n) is 18.2. The average Bonchev–Trinajstić information content (AvgIpc) is 3.37. The van der Waals surface area contributed by atoms with Crippen molar-refractivity contribution < 1.29 is 19.7 Å². The Morgan fingerprint density at radius 1 is 1.36 bits per heavy atom. The number of methoxy groups -OCH3 is 1. The molecule has 1 aromatic carbocycles. The number of halogens is 1. The number of anilines is 1. The molecule has 4 rings (SSSR count). The van der Waals surface area contributed by atoms with Gasteiger partial charge in [0.15, 0.2) is 5.65 Å². The zero-order chi connectivity index (χ0) is 23.8. The Kier molecular flexibility index (Phi) is 6.07. The fraction of sp³-hybridized carbons (Fsp3) is 0.273. The van der Waals surface area contributed by atoms with Crippen molar-refractivity contribution in [1.29, 1.82) is 0 Å². The van der Waals surface area contributed by atoms with Gasteiger partial charge in [0.25, 0.3) is 5.91 Å². The number of hydrogen-bond acceptors (Lipinski definition) is 7. The quantitative estimate of drug-likeness (QED) is 0.379. The summed E-state index contributed by atoms with van der Waals surface area (Å²) in [5.74, 6) is 0.0642. The number of hydrogen-bond donors (Lipinski definition) is 3. The molecule has 3 aromatic heterocycles. The topological polar surface area (TPSA) is 127 Å². The van der Waals surface area contributed by atoms with Crippen molar-refractivity contribution in [2.24, 2.45) is 0 Å². The van der Waals surface area contributed by atoms with Crippen LogP contribution in [0.3, 0.4) is 0 Å². The van der Waals surface area contributed by atoms with E-state index in [-0.39, 0.29) is 12.1 Å². The Morgan fingerprint density at radius 2 is 2.15 bits per heavy atom. The van der Waals surface area contributed by atoms with Crippen molar-refractivity contribution in [1.82, 2.24) is 24.4 Å². The van der Waals surface area contributed by atoms with E-state index >= 15 is 0 Å². The predicted molar refractivity (Wildman–Crippen MR) is 122 cm³/mol. The molecule has 0 bridgehead atoms. The Balaban J connectivity index is 1.75. The summed E-state index contributed by atoms with van der Waals surface area (Å²) in [4.78, 5) is 17.3. The number of ether oxygens (including phenoxy) is 1. The standard InChI is InChI=1S/C22H23ClN6O4/c1-22(2,32)18(30)12-28-11-16(19(27-28)14-9-13(23)5-6-17(14)33-3)26-21(31)15-10-25-29-8-4-7-24-20(15)29/h4-11,18,30,32H,12H2,1-3H3,(H,26,31)/t18-/m1/s1. The maximum Gasteiger partial charge on any atom is 0.261 e. The fourth-order valence-electron chi connectivity index (χ4n) is 3.25. The van der Waals surface area contributed by atoms with E-state index in [0.717, 1.165) is 0 Å². The average molecular weight is 471 g/mol. The molecule has 1 amide bonds. The lowest BCUT2D eigenvalue weighted by molar-refractivity contribution is -0.0566. The number of aliphatic hydroxyl groups excluding tert-OH is 1. The predicted octanol–water partition coefficient (Wildman–Crippen LogP) is 2.64. The number of fused-ring (bicyclic) bond motifs is 1. The molecule has 1 atom stereocenters. The molecule has 172 valence electrons. The van der Waals surface area contributed by atoms with Crippen LogP contribution in [0.4, 0.5) is 5.69 Å². The van der Waals surface area contributed by atoms with Crippen LogP contribution in [-0.2, 0) is 6.54 Å². The summed E-state index contributed by atoms with van der Waals surface area (Å²) in [5, 5.41) is 32.4. The number of aliphatic hydroxyl groups is 2. The second-order valence-corrected chi connectivity index (χ2v) is 8.46. The van der Waals surface area contributed by atoms with Crippen molar-refractivity contribution >= 4 is 28.8 Å². The van der Waals surface area contributed by atoms with Crippen LogP contribution in [0.25, 0.3) is 16.9 Å². The van der Waals surface area contributed by atoms with E-state index in [1.54, 1.807) is 42.9 Å². The zero-order valence-corrected chi connectivity index (χ0v) is 19.0. The third kappa shape index (κ3) is 4.68. The molecule has 0 unspecified atom stereocenters. The molecule has 0 spiro atoms. The Morgan fingerprint density at radius 3 is 2.88 bits per heavy atom. The number of amides is 1. The van der Waals surface area contributed by atoms with Crippen LogP contribution in [0.5, 0.6) is 5.75 Å². The minimum atomic E-state index is -1.34. The van der Waals surface area contributed by atoms with Gasteiger partial charge in [-0.25, -0.2) is 9.50 Å². The van der Waals surface area contributed by atoms with E-state index < -0.39 is 17.6 Å². The third-order valence-corrected chi connectivity index (χ3v) is 5.36. The number of nitrogens with zero attached hydrogens (tertiary/aromatic N) is 5. The number of carbonyl (C=O) groups excluding carboxylic acids is 1. The summed E-state index contributed by atoms with van der Waals surface area (Å²) >= 11 is 6.21. The van der Waals surface area contributed by atoms with Gasteiger partial charge in [0.1, 0.15) is 23.1 Å². The van der Waals surface area contributed by atoms with Crippen molar-refractivity contribution in [3.63, 3.8) is 0 Å². The minimum Gasteiger partial charge on any atom is -0.496 e. The molecular weight excluding hydrogens is 448 g/mol. The van der Waals surface area contributed by atoms with Gasteiger partial charge in [-0.15, -0.1) is 0 Å². The van der Waals surface area contributed by atoms with E-state index in [1.807, 2.05) is 0 Å². The number of rotatable bonds is 7. The van der Waals surface area contributed by atoms with Gasteiger partial charge in [0, 0.05) is 29.2 Å². The second kappa shape index (κ2) is 8.81. The molecule has 0 saturated carbocycles. The van der Waals surface area contributed by atoms with E-state index in [4.69, 9.17) is 16.3 Å². The lowest BCUT2D eigenvalue weighted by Crippen LogP contribution is -2.39. The largest absolute Gasteiger partial charge is 0.496 e. The summed E-state index contributed by atoms with van der Waals surface area (Å²) in [6, 6.07) is 6.76. The fourth-order valence-corrected chi connectivity index (χ4v) is 3.42. The number of aromatic nitrogens is 5. The summed E-state index contributed by atoms with van der Waals surface area (Å²) < 4.78 is 8.40. The monoisotopic (exact) mass is 470 g/mol. The van der Waals surface area contributed by atoms with Crippen LogP contribution < -0.4 is 10.1 Å². The first-order chi connectivity index (χ1) is 15.7. The van der Waals surface area contributed by atoms with E-state index in [1.165, 1.54) is 36.4 Å². The third-order valence-electron chi connectivity index (χ3n) is 5.13. The number of benzene rings is 1. The molecule has 0 saturated heterocycles. The van der Waals surface area contributed by atoms with Crippen molar-refractivity contribution in [3.8, 4) is 17.0 Å². The van der Waals surface area contributed by atoms with Gasteiger partial charge in [-0.2, -0.15) is 10.2 Å². The highest BCUT2D eigenvalue weighted by molar-refractivity contribution is 6.31. The van der Waals surface area contributed by atoms with Gasteiger partial charge < -0.3 is 20.3 Å². The Hall–Kier alpha value is -3.47. The van der Waals surface area contributed by atoms with Crippen LogP contribution in [0.15, 0.2) is 49.1 Å². The molecule has 0 aliphatic rings. The molecule has 33 heavy (non-hydrogen) atoms. The normalized spacial score (nSPS) is 12.7. The second-order valence-electron chi connectivity index (χ2n) is 8.03. The molecule has 3 N–H and O–H groups in total. The first-order valence-corrected chi connectivity index (χ1v) is 10.5. The van der Waals surface area contributed by atoms with E-state index in [0.29, 0.717) is 33.4 Å². The van der Waals surface area contributed by atoms with Gasteiger partial charge in [-0.1, -0.05) is 11.6 Å². The Labute approximate surface area is 194 Å². The van der Waals surface area contributed by atoms with Gasteiger partial charge in [0.05, 0.1) is 31.1 Å². The highest BCUT2D eigenvalue weighted by Gasteiger charge is 2.27. The molecule has 4 aromatic rings. The van der Waals surface area contributed by atoms with Crippen molar-refractivity contribution in [2.75, 3.05) is 12.4 Å². The van der Waals surface area contributed by atoms with Gasteiger partial charge in [0.2, 0.25) is 0 Å². The smallest absolute Gasteiger partial charge is 0.261 e. The molecule has 0 radical (unpaired) electrons. The van der Waals surface area contributed by atoms with Crippen LogP contribution in [0.1, 0.15) is 24.2 Å². The van der Waals surface area contributed by atoms with Gasteiger partial charge in [-0.3, -0.25) is 9.48 Å². The van der Waals surface area contributed by atoms with Crippen LogP contribution in [0, 0.1) is 0 Å². The SMILES string of the molecule is COc1ccc(Cl)cc1-c1nn(C[C@@H](O)C(C)(C)O)cc1NC(=O)c1cnn2cccnc12. The van der Waals surface area contributed by atoms with Crippen molar-refractivity contribution in [2.45, 2.75) is 32.1 Å². The molecule has 3 heterocycles. The first-order valence-electron chi connectivity index (χ1n) is 10.1. The van der Waals surface area contributed by atoms with E-state index in [2.05, 4.69) is 20.5 Å². The molecule has 10 nitrogen and oxygen atoms in total. The summed E-state index contributed by atoms with van der Waals surface area (Å²) in [6.07, 6.45) is 5.17. The first kappa shape index (κ1) is 22.7.